The monoisotopic (exact) mass is 483 g/mol. The Morgan fingerprint density at radius 2 is 1.56 bits per heavy atom. The largest absolute Gasteiger partial charge is 0.454 e. The maximum Gasteiger partial charge on any atom is 0.333 e. The lowest BCUT2D eigenvalue weighted by molar-refractivity contribution is -0.938. The van der Waals surface area contributed by atoms with Gasteiger partial charge < -0.3 is 14.5 Å². The fraction of sp³-hybridized carbons (Fsp3) is 0.355. The Labute approximate surface area is 213 Å². The van der Waals surface area contributed by atoms with Gasteiger partial charge in [-0.1, -0.05) is 85.8 Å². The number of nitrogens with zero attached hydrogens (tertiary/aromatic N) is 1. The topological polar surface area (TPSA) is 55.4 Å². The maximum absolute atomic E-state index is 13.7. The fourth-order valence-corrected chi connectivity index (χ4v) is 5.86. The molecular weight excluding hydrogens is 448 g/mol. The predicted molar refractivity (Wildman–Crippen MR) is 142 cm³/mol. The van der Waals surface area contributed by atoms with Crippen molar-refractivity contribution in [2.24, 2.45) is 5.92 Å². The van der Waals surface area contributed by atoms with Gasteiger partial charge in [0.1, 0.15) is 13.1 Å². The van der Waals surface area contributed by atoms with Gasteiger partial charge in [-0.2, -0.15) is 0 Å². The summed E-state index contributed by atoms with van der Waals surface area (Å²) in [6.45, 7) is 5.24. The quantitative estimate of drug-likeness (QED) is 0.250. The second-order valence-electron chi connectivity index (χ2n) is 10.2. The number of ketones is 1. The van der Waals surface area contributed by atoms with Crippen molar-refractivity contribution in [3.8, 4) is 0 Å². The SMILES string of the molecule is CCc1ccccc1NC(C(=O)O[C@H]1C[N+]2(CC(=O)c3ccccc3)CCC1CC2)c1ccccc1. The molecule has 0 amide bonds. The molecule has 3 fully saturated rings. The Hall–Kier alpha value is -3.44. The van der Waals surface area contributed by atoms with E-state index < -0.39 is 6.04 Å². The third-order valence-electron chi connectivity index (χ3n) is 7.95. The highest BCUT2D eigenvalue weighted by molar-refractivity contribution is 5.97. The highest BCUT2D eigenvalue weighted by Gasteiger charge is 2.49. The highest BCUT2D eigenvalue weighted by atomic mass is 16.5. The van der Waals surface area contributed by atoms with Crippen LogP contribution in [0, 0.1) is 5.92 Å². The summed E-state index contributed by atoms with van der Waals surface area (Å²) < 4.78 is 6.98. The lowest BCUT2D eigenvalue weighted by Crippen LogP contribution is -2.65. The molecule has 2 atom stereocenters. The zero-order chi connectivity index (χ0) is 25.0. The van der Waals surface area contributed by atoms with Crippen LogP contribution in [0.1, 0.15) is 47.3 Å². The first-order valence-corrected chi connectivity index (χ1v) is 13.1. The van der Waals surface area contributed by atoms with E-state index in [1.54, 1.807) is 0 Å². The number of hydrogen-bond donors (Lipinski definition) is 1. The van der Waals surface area contributed by atoms with Gasteiger partial charge in [0, 0.05) is 30.0 Å². The molecule has 0 aliphatic carbocycles. The zero-order valence-corrected chi connectivity index (χ0v) is 20.9. The minimum atomic E-state index is -0.589. The summed E-state index contributed by atoms with van der Waals surface area (Å²) >= 11 is 0. The minimum Gasteiger partial charge on any atom is -0.454 e. The van der Waals surface area contributed by atoms with Crippen LogP contribution in [-0.2, 0) is 16.0 Å². The fourth-order valence-electron chi connectivity index (χ4n) is 5.86. The summed E-state index contributed by atoms with van der Waals surface area (Å²) in [7, 11) is 0. The molecule has 0 radical (unpaired) electrons. The van der Waals surface area contributed by atoms with Crippen LogP contribution in [0.4, 0.5) is 5.69 Å². The first-order valence-electron chi connectivity index (χ1n) is 13.1. The van der Waals surface area contributed by atoms with E-state index in [1.165, 1.54) is 0 Å². The number of ether oxygens (including phenoxy) is 1. The number of quaternary nitrogens is 1. The van der Waals surface area contributed by atoms with Crippen molar-refractivity contribution in [1.82, 2.24) is 0 Å². The van der Waals surface area contributed by atoms with E-state index in [4.69, 9.17) is 4.74 Å². The Balaban J connectivity index is 1.33. The summed E-state index contributed by atoms with van der Waals surface area (Å²) in [5, 5.41) is 3.48. The molecule has 2 bridgehead atoms. The van der Waals surface area contributed by atoms with Crippen LogP contribution < -0.4 is 5.32 Å². The number of benzene rings is 3. The van der Waals surface area contributed by atoms with E-state index in [0.29, 0.717) is 23.5 Å². The summed E-state index contributed by atoms with van der Waals surface area (Å²) in [4.78, 5) is 26.7. The van der Waals surface area contributed by atoms with E-state index in [1.807, 2.05) is 78.9 Å². The number of carbonyl (C=O) groups excluding carboxylic acids is 2. The van der Waals surface area contributed by atoms with Crippen molar-refractivity contribution >= 4 is 17.4 Å². The number of hydrogen-bond acceptors (Lipinski definition) is 4. The zero-order valence-electron chi connectivity index (χ0n) is 20.9. The number of esters is 1. The lowest BCUT2D eigenvalue weighted by atomic mass is 9.82. The standard InChI is InChI=1S/C31H35N2O3/c1-2-23-11-9-10-16-27(23)32-30(26-14-7-4-8-15-26)31(35)36-29-22-33(19-17-25(29)18-20-33)21-28(34)24-12-5-3-6-13-24/h3-16,25,29-30,32H,2,17-22H2,1H3/q+1/t25?,29-,30?,33?/m0/s1. The van der Waals surface area contributed by atoms with Gasteiger partial charge in [0.05, 0.1) is 13.1 Å². The van der Waals surface area contributed by atoms with Crippen molar-refractivity contribution in [2.45, 2.75) is 38.3 Å². The average Bonchev–Trinajstić information content (AvgIpc) is 2.93. The molecule has 0 spiro atoms. The van der Waals surface area contributed by atoms with Crippen molar-refractivity contribution in [3.05, 3.63) is 102 Å². The first kappa shape index (κ1) is 24.3. The Kier molecular flexibility index (Phi) is 7.19. The van der Waals surface area contributed by atoms with Crippen molar-refractivity contribution in [1.29, 1.82) is 0 Å². The summed E-state index contributed by atoms with van der Waals surface area (Å²) in [5.74, 6) is 0.277. The number of anilines is 1. The highest BCUT2D eigenvalue weighted by Crippen LogP contribution is 2.37. The van der Waals surface area contributed by atoms with Crippen molar-refractivity contribution < 1.29 is 18.8 Å². The minimum absolute atomic E-state index is 0.168. The third-order valence-corrected chi connectivity index (χ3v) is 7.95. The third kappa shape index (κ3) is 5.21. The van der Waals surface area contributed by atoms with Gasteiger partial charge in [-0.15, -0.1) is 0 Å². The van der Waals surface area contributed by atoms with E-state index in [0.717, 1.165) is 54.7 Å². The molecule has 5 nitrogen and oxygen atoms in total. The number of aryl methyl sites for hydroxylation is 1. The van der Waals surface area contributed by atoms with Crippen LogP contribution in [0.3, 0.4) is 0 Å². The molecule has 1 N–H and O–H groups in total. The molecule has 6 rings (SSSR count). The van der Waals surface area contributed by atoms with Crippen LogP contribution in [0.2, 0.25) is 0 Å². The number of rotatable bonds is 9. The second kappa shape index (κ2) is 10.7. The van der Waals surface area contributed by atoms with Gasteiger partial charge in [-0.3, -0.25) is 4.79 Å². The van der Waals surface area contributed by atoms with E-state index >= 15 is 0 Å². The smallest absolute Gasteiger partial charge is 0.333 e. The molecule has 3 saturated heterocycles. The van der Waals surface area contributed by atoms with E-state index in [-0.39, 0.29) is 17.9 Å². The van der Waals surface area contributed by atoms with Gasteiger partial charge >= 0.3 is 5.97 Å². The lowest BCUT2D eigenvalue weighted by Gasteiger charge is -2.51. The Bertz CT molecular complexity index is 1190. The van der Waals surface area contributed by atoms with Gasteiger partial charge in [0.2, 0.25) is 5.78 Å². The summed E-state index contributed by atoms with van der Waals surface area (Å²) in [6, 6.07) is 26.8. The molecule has 186 valence electrons. The molecule has 0 aromatic heterocycles. The van der Waals surface area contributed by atoms with Gasteiger partial charge in [0.15, 0.2) is 12.1 Å². The molecule has 3 aliphatic heterocycles. The summed E-state index contributed by atoms with van der Waals surface area (Å²) in [6.07, 6.45) is 2.68. The number of nitrogens with one attached hydrogen (secondary N) is 1. The normalized spacial score (nSPS) is 23.6. The molecule has 1 unspecified atom stereocenters. The van der Waals surface area contributed by atoms with Crippen molar-refractivity contribution in [2.75, 3.05) is 31.5 Å². The molecule has 3 aromatic carbocycles. The van der Waals surface area contributed by atoms with E-state index in [9.17, 15) is 9.59 Å². The number of piperidine rings is 3. The van der Waals surface area contributed by atoms with Gasteiger partial charge in [-0.05, 0) is 23.6 Å². The van der Waals surface area contributed by atoms with E-state index in [2.05, 4.69) is 18.3 Å². The molecule has 3 aromatic rings. The number of para-hydroxylation sites is 1. The number of carbonyl (C=O) groups is 2. The molecule has 5 heteroatoms. The summed E-state index contributed by atoms with van der Waals surface area (Å²) in [5.41, 5.74) is 3.77. The molecular formula is C31H35N2O3+. The molecule has 3 aliphatic rings. The van der Waals surface area contributed by atoms with Crippen LogP contribution in [-0.4, -0.2) is 48.5 Å². The molecule has 3 heterocycles. The second-order valence-corrected chi connectivity index (χ2v) is 10.2. The number of fused-ring (bicyclic) bond motifs is 3. The number of Topliss-reactive ketones (excluding diaryl/α,β-unsaturated/α-hetero) is 1. The van der Waals surface area contributed by atoms with Crippen molar-refractivity contribution in [3.63, 3.8) is 0 Å². The van der Waals surface area contributed by atoms with Gasteiger partial charge in [-0.25, -0.2) is 4.79 Å². The van der Waals surface area contributed by atoms with Crippen LogP contribution in [0.25, 0.3) is 0 Å². The Morgan fingerprint density at radius 3 is 2.25 bits per heavy atom. The molecule has 0 saturated carbocycles. The Morgan fingerprint density at radius 1 is 0.917 bits per heavy atom. The first-order chi connectivity index (χ1) is 17.6. The maximum atomic E-state index is 13.7. The molecule has 36 heavy (non-hydrogen) atoms. The van der Waals surface area contributed by atoms with Crippen LogP contribution >= 0.6 is 0 Å². The average molecular weight is 484 g/mol. The van der Waals surface area contributed by atoms with Gasteiger partial charge in [0.25, 0.3) is 0 Å². The van der Waals surface area contributed by atoms with Crippen LogP contribution in [0.5, 0.6) is 0 Å². The van der Waals surface area contributed by atoms with Crippen LogP contribution in [0.15, 0.2) is 84.9 Å². The predicted octanol–water partition coefficient (Wildman–Crippen LogP) is 5.44.